The lowest BCUT2D eigenvalue weighted by Crippen LogP contribution is -2.50. The molecule has 0 atom stereocenters. The van der Waals surface area contributed by atoms with Crippen LogP contribution >= 0.6 is 0 Å². The Labute approximate surface area is 165 Å². The summed E-state index contributed by atoms with van der Waals surface area (Å²) in [6.07, 6.45) is 1.51. The number of anilines is 1. The summed E-state index contributed by atoms with van der Waals surface area (Å²) in [5.41, 5.74) is -0.717. The van der Waals surface area contributed by atoms with E-state index in [-0.39, 0.29) is 35.9 Å². The number of carbonyl (C=O) groups excluding carboxylic acids is 3. The topological polar surface area (TPSA) is 95.8 Å². The second kappa shape index (κ2) is 8.38. The van der Waals surface area contributed by atoms with Crippen LogP contribution in [0.1, 0.15) is 40.5 Å². The number of nitrogens with one attached hydrogen (secondary N) is 1. The van der Waals surface area contributed by atoms with Crippen molar-refractivity contribution >= 4 is 23.4 Å². The summed E-state index contributed by atoms with van der Waals surface area (Å²) in [7, 11) is 0. The fraction of sp³-hybridized carbons (Fsp3) is 0.368. The average Bonchev–Trinajstić information content (AvgIpc) is 3.18. The van der Waals surface area contributed by atoms with E-state index in [1.807, 2.05) is 0 Å². The van der Waals surface area contributed by atoms with E-state index in [1.165, 1.54) is 11.8 Å². The highest BCUT2D eigenvalue weighted by Gasteiger charge is 2.27. The molecule has 0 unspecified atom stereocenters. The van der Waals surface area contributed by atoms with E-state index in [4.69, 9.17) is 4.42 Å². The number of nitrogens with zero attached hydrogens (tertiary/aromatic N) is 3. The fourth-order valence-corrected chi connectivity index (χ4v) is 3.09. The van der Waals surface area contributed by atoms with Gasteiger partial charge in [0.05, 0.1) is 11.3 Å². The van der Waals surface area contributed by atoms with Gasteiger partial charge in [-0.2, -0.15) is 0 Å². The Kier molecular flexibility index (Phi) is 5.90. The molecule has 0 saturated carbocycles. The lowest BCUT2D eigenvalue weighted by molar-refractivity contribution is -0.130. The van der Waals surface area contributed by atoms with Crippen LogP contribution in [-0.4, -0.2) is 58.7 Å². The first-order valence-corrected chi connectivity index (χ1v) is 9.09. The summed E-state index contributed by atoms with van der Waals surface area (Å²) < 4.78 is 33.5. The number of piperazine rings is 1. The van der Waals surface area contributed by atoms with Crippen LogP contribution in [0, 0.1) is 11.6 Å². The monoisotopic (exact) mass is 406 g/mol. The minimum Gasteiger partial charge on any atom is -0.448 e. The maximum atomic E-state index is 14.3. The molecule has 2 heterocycles. The first kappa shape index (κ1) is 20.4. The highest BCUT2D eigenvalue weighted by molar-refractivity contribution is 6.04. The van der Waals surface area contributed by atoms with Gasteiger partial charge in [-0.1, -0.05) is 6.92 Å². The van der Waals surface area contributed by atoms with Crippen LogP contribution < -0.4 is 5.32 Å². The molecule has 1 N–H and O–H groups in total. The Morgan fingerprint density at radius 2 is 1.76 bits per heavy atom. The standard InChI is InChI=1S/C19H20F2N4O4/c1-3-16-17(22-10-29-16)18(27)23-15-8-12(13(20)9-14(15)21)19(28)25-6-4-24(5-7-25)11(2)26/h8-10H,3-7H2,1-2H3,(H,23,27). The summed E-state index contributed by atoms with van der Waals surface area (Å²) in [6.45, 7) is 4.33. The van der Waals surface area contributed by atoms with Crippen molar-refractivity contribution in [2.45, 2.75) is 20.3 Å². The van der Waals surface area contributed by atoms with E-state index in [9.17, 15) is 23.2 Å². The third-order valence-electron chi connectivity index (χ3n) is 4.72. The summed E-state index contributed by atoms with van der Waals surface area (Å²) in [5, 5.41) is 2.31. The van der Waals surface area contributed by atoms with Gasteiger partial charge in [0, 0.05) is 45.6 Å². The number of oxazole rings is 1. The molecule has 1 aromatic heterocycles. The number of rotatable bonds is 4. The number of hydrogen-bond donors (Lipinski definition) is 1. The van der Waals surface area contributed by atoms with Crippen molar-refractivity contribution in [1.29, 1.82) is 0 Å². The van der Waals surface area contributed by atoms with E-state index >= 15 is 0 Å². The number of aryl methyl sites for hydroxylation is 1. The third kappa shape index (κ3) is 4.25. The highest BCUT2D eigenvalue weighted by Crippen LogP contribution is 2.22. The van der Waals surface area contributed by atoms with Crippen LogP contribution in [0.4, 0.5) is 14.5 Å². The van der Waals surface area contributed by atoms with Crippen LogP contribution in [0.15, 0.2) is 22.9 Å². The van der Waals surface area contributed by atoms with Crippen molar-refractivity contribution in [3.8, 4) is 0 Å². The lowest BCUT2D eigenvalue weighted by atomic mass is 10.1. The van der Waals surface area contributed by atoms with Gasteiger partial charge in [-0.25, -0.2) is 13.8 Å². The molecular weight excluding hydrogens is 386 g/mol. The largest absolute Gasteiger partial charge is 0.448 e. The molecule has 1 aliphatic heterocycles. The zero-order chi connectivity index (χ0) is 21.1. The van der Waals surface area contributed by atoms with Gasteiger partial charge in [0.15, 0.2) is 12.1 Å². The predicted molar refractivity (Wildman–Crippen MR) is 98.3 cm³/mol. The van der Waals surface area contributed by atoms with Crippen LogP contribution in [0.25, 0.3) is 0 Å². The SMILES string of the molecule is CCc1ocnc1C(=O)Nc1cc(C(=O)N2CCN(C(C)=O)CC2)c(F)cc1F. The minimum atomic E-state index is -1.03. The molecule has 2 aromatic rings. The molecule has 0 bridgehead atoms. The molecule has 3 amide bonds. The molecule has 1 aliphatic rings. The average molecular weight is 406 g/mol. The van der Waals surface area contributed by atoms with Crippen molar-refractivity contribution < 1.29 is 27.6 Å². The molecule has 154 valence electrons. The van der Waals surface area contributed by atoms with Crippen LogP contribution in [0.3, 0.4) is 0 Å². The lowest BCUT2D eigenvalue weighted by Gasteiger charge is -2.34. The molecule has 0 aliphatic carbocycles. The van der Waals surface area contributed by atoms with Gasteiger partial charge in [0.1, 0.15) is 17.4 Å². The minimum absolute atomic E-state index is 0.00976. The van der Waals surface area contributed by atoms with Crippen molar-refractivity contribution in [3.63, 3.8) is 0 Å². The van der Waals surface area contributed by atoms with E-state index in [2.05, 4.69) is 10.3 Å². The number of amides is 3. The Hall–Kier alpha value is -3.30. The molecule has 0 radical (unpaired) electrons. The van der Waals surface area contributed by atoms with Crippen molar-refractivity contribution in [1.82, 2.24) is 14.8 Å². The van der Waals surface area contributed by atoms with Crippen molar-refractivity contribution in [2.24, 2.45) is 0 Å². The molecular formula is C19H20F2N4O4. The number of benzene rings is 1. The molecule has 1 aromatic carbocycles. The molecule has 1 fully saturated rings. The van der Waals surface area contributed by atoms with Crippen molar-refractivity contribution in [2.75, 3.05) is 31.5 Å². The number of carbonyl (C=O) groups is 3. The summed E-state index contributed by atoms with van der Waals surface area (Å²) in [5.74, 6) is -3.20. The highest BCUT2D eigenvalue weighted by atomic mass is 19.1. The summed E-state index contributed by atoms with van der Waals surface area (Å²) >= 11 is 0. The van der Waals surface area contributed by atoms with Crippen LogP contribution in [0.5, 0.6) is 0 Å². The first-order chi connectivity index (χ1) is 13.8. The molecule has 1 saturated heterocycles. The number of hydrogen-bond acceptors (Lipinski definition) is 5. The normalized spacial score (nSPS) is 14.1. The molecule has 3 rings (SSSR count). The molecule has 0 spiro atoms. The van der Waals surface area contributed by atoms with Gasteiger partial charge in [-0.05, 0) is 6.07 Å². The van der Waals surface area contributed by atoms with Gasteiger partial charge in [-0.3, -0.25) is 14.4 Å². The summed E-state index contributed by atoms with van der Waals surface area (Å²) in [6, 6.07) is 1.52. The maximum absolute atomic E-state index is 14.3. The van der Waals surface area contributed by atoms with Gasteiger partial charge in [0.25, 0.3) is 11.8 Å². The Morgan fingerprint density at radius 1 is 1.10 bits per heavy atom. The smallest absolute Gasteiger partial charge is 0.277 e. The predicted octanol–water partition coefficient (Wildman–Crippen LogP) is 2.07. The maximum Gasteiger partial charge on any atom is 0.277 e. The van der Waals surface area contributed by atoms with E-state index in [1.54, 1.807) is 11.8 Å². The van der Waals surface area contributed by atoms with Crippen LogP contribution in [0.2, 0.25) is 0 Å². The van der Waals surface area contributed by atoms with E-state index in [0.29, 0.717) is 31.3 Å². The van der Waals surface area contributed by atoms with Crippen LogP contribution in [-0.2, 0) is 11.2 Å². The summed E-state index contributed by atoms with van der Waals surface area (Å²) in [4.78, 5) is 43.2. The second-order valence-corrected chi connectivity index (χ2v) is 6.54. The van der Waals surface area contributed by atoms with Crippen molar-refractivity contribution in [3.05, 3.63) is 47.2 Å². The number of aromatic nitrogens is 1. The third-order valence-corrected chi connectivity index (χ3v) is 4.72. The molecule has 8 nitrogen and oxygen atoms in total. The number of halogens is 2. The first-order valence-electron chi connectivity index (χ1n) is 9.09. The van der Waals surface area contributed by atoms with Gasteiger partial charge in [0.2, 0.25) is 5.91 Å². The molecule has 10 heteroatoms. The Morgan fingerprint density at radius 3 is 2.38 bits per heavy atom. The second-order valence-electron chi connectivity index (χ2n) is 6.54. The van der Waals surface area contributed by atoms with E-state index in [0.717, 1.165) is 12.5 Å². The van der Waals surface area contributed by atoms with E-state index < -0.39 is 23.4 Å². The Balaban J connectivity index is 1.80. The quantitative estimate of drug-likeness (QED) is 0.839. The zero-order valence-corrected chi connectivity index (χ0v) is 16.0. The van der Waals surface area contributed by atoms with Gasteiger partial charge < -0.3 is 19.5 Å². The Bertz CT molecular complexity index is 952. The zero-order valence-electron chi connectivity index (χ0n) is 16.0. The van der Waals surface area contributed by atoms with Gasteiger partial charge >= 0.3 is 0 Å². The van der Waals surface area contributed by atoms with Gasteiger partial charge in [-0.15, -0.1) is 0 Å². The molecule has 29 heavy (non-hydrogen) atoms. The fourth-order valence-electron chi connectivity index (χ4n) is 3.09.